The summed E-state index contributed by atoms with van der Waals surface area (Å²) in [7, 11) is 1.54. The first-order valence-electron chi connectivity index (χ1n) is 12.4. The van der Waals surface area contributed by atoms with Gasteiger partial charge in [-0.3, -0.25) is 9.59 Å². The third-order valence-electron chi connectivity index (χ3n) is 6.47. The summed E-state index contributed by atoms with van der Waals surface area (Å²) >= 11 is 1.24. The summed E-state index contributed by atoms with van der Waals surface area (Å²) in [5.41, 5.74) is 5.50. The van der Waals surface area contributed by atoms with E-state index >= 15 is 0 Å². The number of para-hydroxylation sites is 3. The van der Waals surface area contributed by atoms with E-state index in [-0.39, 0.29) is 17.6 Å². The van der Waals surface area contributed by atoms with Crippen molar-refractivity contribution in [1.82, 2.24) is 5.32 Å². The molecule has 0 saturated heterocycles. The SMILES string of the molecule is COc1ccccc1NC(=O)C1=C(C)NC(SCC(=O)Nc2c(C)cccc2C)=C(C#N)C1c1ccccc1. The van der Waals surface area contributed by atoms with Crippen LogP contribution in [0.25, 0.3) is 0 Å². The lowest BCUT2D eigenvalue weighted by Gasteiger charge is -2.30. The molecule has 3 N–H and O–H groups in total. The Kier molecular flexibility index (Phi) is 8.74. The predicted molar refractivity (Wildman–Crippen MR) is 156 cm³/mol. The average Bonchev–Trinajstić information content (AvgIpc) is 2.94. The normalized spacial score (nSPS) is 14.8. The maximum absolute atomic E-state index is 13.7. The number of amides is 2. The molecule has 0 aromatic heterocycles. The number of carbonyl (C=O) groups is 2. The minimum atomic E-state index is -0.615. The maximum Gasteiger partial charge on any atom is 0.254 e. The van der Waals surface area contributed by atoms with Crippen molar-refractivity contribution in [2.75, 3.05) is 23.5 Å². The van der Waals surface area contributed by atoms with Gasteiger partial charge in [-0.1, -0.05) is 72.4 Å². The van der Waals surface area contributed by atoms with Gasteiger partial charge in [0.25, 0.3) is 5.91 Å². The highest BCUT2D eigenvalue weighted by Crippen LogP contribution is 2.41. The number of nitrogens with one attached hydrogen (secondary N) is 3. The van der Waals surface area contributed by atoms with Crippen LogP contribution < -0.4 is 20.7 Å². The fourth-order valence-corrected chi connectivity index (χ4v) is 5.46. The molecule has 0 bridgehead atoms. The lowest BCUT2D eigenvalue weighted by Crippen LogP contribution is -2.31. The van der Waals surface area contributed by atoms with Crippen LogP contribution in [0, 0.1) is 25.2 Å². The quantitative estimate of drug-likeness (QED) is 0.324. The number of thioether (sulfide) groups is 1. The summed E-state index contributed by atoms with van der Waals surface area (Å²) in [5.74, 6) is -0.508. The molecule has 1 aliphatic rings. The average molecular weight is 539 g/mol. The minimum Gasteiger partial charge on any atom is -0.495 e. The van der Waals surface area contributed by atoms with Crippen LogP contribution in [0.2, 0.25) is 0 Å². The highest BCUT2D eigenvalue weighted by molar-refractivity contribution is 8.03. The number of ether oxygens (including phenoxy) is 1. The molecule has 1 atom stereocenters. The van der Waals surface area contributed by atoms with E-state index < -0.39 is 5.92 Å². The summed E-state index contributed by atoms with van der Waals surface area (Å²) in [6.07, 6.45) is 0. The zero-order valence-electron chi connectivity index (χ0n) is 22.3. The number of methoxy groups -OCH3 is 1. The largest absolute Gasteiger partial charge is 0.495 e. The van der Waals surface area contributed by atoms with Crippen LogP contribution in [0.1, 0.15) is 29.5 Å². The molecule has 0 spiro atoms. The van der Waals surface area contributed by atoms with Gasteiger partial charge in [0.1, 0.15) is 5.75 Å². The molecule has 1 aliphatic heterocycles. The van der Waals surface area contributed by atoms with Crippen molar-refractivity contribution in [1.29, 1.82) is 5.26 Å². The maximum atomic E-state index is 13.7. The molecule has 39 heavy (non-hydrogen) atoms. The van der Waals surface area contributed by atoms with Crippen molar-refractivity contribution >= 4 is 35.0 Å². The lowest BCUT2D eigenvalue weighted by molar-refractivity contribution is -0.114. The van der Waals surface area contributed by atoms with Gasteiger partial charge in [-0.05, 0) is 49.6 Å². The number of anilines is 2. The van der Waals surface area contributed by atoms with Crippen molar-refractivity contribution in [3.63, 3.8) is 0 Å². The Bertz CT molecular complexity index is 1490. The van der Waals surface area contributed by atoms with Crippen LogP contribution in [0.3, 0.4) is 0 Å². The van der Waals surface area contributed by atoms with Crippen LogP contribution in [0.5, 0.6) is 5.75 Å². The molecular formula is C31H30N4O3S. The van der Waals surface area contributed by atoms with Gasteiger partial charge in [-0.25, -0.2) is 0 Å². The van der Waals surface area contributed by atoms with Crippen LogP contribution >= 0.6 is 11.8 Å². The van der Waals surface area contributed by atoms with Crippen LogP contribution in [0.4, 0.5) is 11.4 Å². The number of nitriles is 1. The number of benzene rings is 3. The third-order valence-corrected chi connectivity index (χ3v) is 7.49. The fraction of sp³-hybridized carbons (Fsp3) is 0.194. The van der Waals surface area contributed by atoms with Crippen molar-refractivity contribution < 1.29 is 14.3 Å². The monoisotopic (exact) mass is 538 g/mol. The van der Waals surface area contributed by atoms with Gasteiger partial charge in [-0.15, -0.1) is 0 Å². The molecule has 4 rings (SSSR count). The molecule has 0 saturated carbocycles. The molecule has 1 unspecified atom stereocenters. The molecular weight excluding hydrogens is 508 g/mol. The van der Waals surface area contributed by atoms with Gasteiger partial charge in [0.05, 0.1) is 41.1 Å². The third kappa shape index (κ3) is 6.16. The smallest absolute Gasteiger partial charge is 0.254 e. The molecule has 7 nitrogen and oxygen atoms in total. The topological polar surface area (TPSA) is 103 Å². The Morgan fingerprint density at radius 3 is 2.28 bits per heavy atom. The summed E-state index contributed by atoms with van der Waals surface area (Å²) in [5, 5.41) is 20.0. The fourth-order valence-electron chi connectivity index (χ4n) is 4.57. The van der Waals surface area contributed by atoms with Gasteiger partial charge in [0, 0.05) is 17.0 Å². The number of allylic oxidation sites excluding steroid dienone is 2. The molecule has 0 aliphatic carbocycles. The zero-order valence-corrected chi connectivity index (χ0v) is 23.1. The molecule has 0 fully saturated rings. The highest BCUT2D eigenvalue weighted by atomic mass is 32.2. The summed E-state index contributed by atoms with van der Waals surface area (Å²) in [6, 6.07) is 24.8. The molecule has 198 valence electrons. The summed E-state index contributed by atoms with van der Waals surface area (Å²) in [4.78, 5) is 26.5. The van der Waals surface area contributed by atoms with E-state index in [1.165, 1.54) is 11.8 Å². The Labute approximate surface area is 233 Å². The number of carbonyl (C=O) groups excluding carboxylic acids is 2. The van der Waals surface area contributed by atoms with Gasteiger partial charge in [0.15, 0.2) is 0 Å². The second-order valence-electron chi connectivity index (χ2n) is 9.12. The first-order valence-corrected chi connectivity index (χ1v) is 13.4. The van der Waals surface area contributed by atoms with Crippen molar-refractivity contribution in [2.24, 2.45) is 0 Å². The first kappa shape index (κ1) is 27.6. The Morgan fingerprint density at radius 1 is 0.949 bits per heavy atom. The van der Waals surface area contributed by atoms with Gasteiger partial charge in [-0.2, -0.15) is 5.26 Å². The van der Waals surface area contributed by atoms with E-state index in [2.05, 4.69) is 22.0 Å². The highest BCUT2D eigenvalue weighted by Gasteiger charge is 2.35. The van der Waals surface area contributed by atoms with E-state index in [0.717, 1.165) is 22.4 Å². The van der Waals surface area contributed by atoms with Crippen molar-refractivity contribution in [3.8, 4) is 11.8 Å². The number of dihydropyridines is 1. The van der Waals surface area contributed by atoms with Crippen molar-refractivity contribution in [2.45, 2.75) is 26.7 Å². The van der Waals surface area contributed by atoms with Gasteiger partial charge < -0.3 is 20.7 Å². The molecule has 2 amide bonds. The number of hydrogen-bond acceptors (Lipinski definition) is 6. The standard InChI is InChI=1S/C31H30N4O3S/c1-19-11-10-12-20(2)29(19)35-26(36)18-39-31-23(17-32)28(22-13-6-5-7-14-22)27(21(3)33-31)30(37)34-24-15-8-9-16-25(24)38-4/h5-16,28,33H,18H2,1-4H3,(H,34,37)(H,35,36). The van der Waals surface area contributed by atoms with Gasteiger partial charge in [0.2, 0.25) is 5.91 Å². The molecule has 1 heterocycles. The van der Waals surface area contributed by atoms with E-state index in [9.17, 15) is 14.9 Å². The van der Waals surface area contributed by atoms with Crippen LogP contribution in [-0.2, 0) is 9.59 Å². The van der Waals surface area contributed by atoms with Crippen molar-refractivity contribution in [3.05, 3.63) is 111 Å². The van der Waals surface area contributed by atoms with E-state index in [1.54, 1.807) is 26.2 Å². The van der Waals surface area contributed by atoms with E-state index in [0.29, 0.717) is 33.3 Å². The number of nitrogens with zero attached hydrogens (tertiary/aromatic N) is 1. The zero-order chi connectivity index (χ0) is 27.9. The lowest BCUT2D eigenvalue weighted by atomic mass is 9.82. The number of hydrogen-bond donors (Lipinski definition) is 3. The van der Waals surface area contributed by atoms with E-state index in [4.69, 9.17) is 4.74 Å². The van der Waals surface area contributed by atoms with Crippen LogP contribution in [-0.4, -0.2) is 24.7 Å². The second-order valence-corrected chi connectivity index (χ2v) is 10.1. The molecule has 3 aromatic carbocycles. The molecule has 0 radical (unpaired) electrons. The minimum absolute atomic E-state index is 0.0961. The van der Waals surface area contributed by atoms with Gasteiger partial charge >= 0.3 is 0 Å². The number of aryl methyl sites for hydroxylation is 2. The Balaban J connectivity index is 1.63. The summed E-state index contributed by atoms with van der Waals surface area (Å²) < 4.78 is 5.39. The summed E-state index contributed by atoms with van der Waals surface area (Å²) in [6.45, 7) is 5.70. The predicted octanol–water partition coefficient (Wildman–Crippen LogP) is 6.02. The Hall–Kier alpha value is -4.48. The Morgan fingerprint density at radius 2 is 1.62 bits per heavy atom. The number of rotatable bonds is 8. The molecule has 8 heteroatoms. The van der Waals surface area contributed by atoms with Crippen LogP contribution in [0.15, 0.2) is 94.7 Å². The van der Waals surface area contributed by atoms with E-state index in [1.807, 2.05) is 74.5 Å². The molecule has 3 aromatic rings. The second kappa shape index (κ2) is 12.4. The first-order chi connectivity index (χ1) is 18.8.